The first-order valence-corrected chi connectivity index (χ1v) is 9.75. The fourth-order valence-electron chi connectivity index (χ4n) is 5.28. The summed E-state index contributed by atoms with van der Waals surface area (Å²) >= 11 is 0. The van der Waals surface area contributed by atoms with Crippen LogP contribution < -0.4 is 5.32 Å². The van der Waals surface area contributed by atoms with Gasteiger partial charge in [-0.15, -0.1) is 0 Å². The van der Waals surface area contributed by atoms with Crippen LogP contribution in [0.2, 0.25) is 0 Å². The Kier molecular flexibility index (Phi) is 5.75. The highest BCUT2D eigenvalue weighted by Crippen LogP contribution is 2.46. The van der Waals surface area contributed by atoms with Crippen LogP contribution in [0.3, 0.4) is 0 Å². The van der Waals surface area contributed by atoms with Crippen LogP contribution in [0.1, 0.15) is 83.5 Å². The molecule has 2 atom stereocenters. The minimum Gasteiger partial charge on any atom is -0.314 e. The van der Waals surface area contributed by atoms with Crippen LogP contribution in [0.4, 0.5) is 8.78 Å². The Balaban J connectivity index is 1.62. The summed E-state index contributed by atoms with van der Waals surface area (Å²) in [6, 6.07) is 0.656. The molecule has 1 heterocycles. The van der Waals surface area contributed by atoms with Gasteiger partial charge >= 0.3 is 0 Å². The number of piperidine rings is 1. The van der Waals surface area contributed by atoms with Crippen molar-refractivity contribution >= 4 is 0 Å². The van der Waals surface area contributed by atoms with E-state index in [0.29, 0.717) is 17.9 Å². The molecule has 3 aliphatic rings. The van der Waals surface area contributed by atoms with Crippen molar-refractivity contribution in [2.45, 2.75) is 95.4 Å². The zero-order chi connectivity index (χ0) is 15.4. The highest BCUT2D eigenvalue weighted by molar-refractivity contribution is 4.88. The molecule has 0 spiro atoms. The van der Waals surface area contributed by atoms with Crippen molar-refractivity contribution in [3.05, 3.63) is 0 Å². The third kappa shape index (κ3) is 4.43. The first-order chi connectivity index (χ1) is 10.6. The SMILES string of the molecule is FC1(F)CCC([C@@H](C[C@H]2CCCCN2)C2CCCCC2)CC1. The molecule has 3 heteroatoms. The lowest BCUT2D eigenvalue weighted by molar-refractivity contribution is -0.0585. The molecule has 3 rings (SSSR count). The fourth-order valence-corrected chi connectivity index (χ4v) is 5.28. The van der Waals surface area contributed by atoms with Crippen LogP contribution in [0.5, 0.6) is 0 Å². The number of rotatable bonds is 4. The minimum absolute atomic E-state index is 0.138. The first-order valence-electron chi connectivity index (χ1n) is 9.75. The van der Waals surface area contributed by atoms with E-state index in [0.717, 1.165) is 25.3 Å². The quantitative estimate of drug-likeness (QED) is 0.718. The molecular formula is C19H33F2N. The van der Waals surface area contributed by atoms with Crippen molar-refractivity contribution in [2.75, 3.05) is 6.54 Å². The van der Waals surface area contributed by atoms with Gasteiger partial charge in [0, 0.05) is 18.9 Å². The Morgan fingerprint density at radius 1 is 0.818 bits per heavy atom. The summed E-state index contributed by atoms with van der Waals surface area (Å²) in [4.78, 5) is 0. The van der Waals surface area contributed by atoms with E-state index in [9.17, 15) is 8.78 Å². The van der Waals surface area contributed by atoms with Gasteiger partial charge in [0.1, 0.15) is 0 Å². The van der Waals surface area contributed by atoms with Crippen LogP contribution in [-0.2, 0) is 0 Å². The van der Waals surface area contributed by atoms with Gasteiger partial charge in [0.15, 0.2) is 0 Å². The highest BCUT2D eigenvalue weighted by atomic mass is 19.3. The molecule has 0 unspecified atom stereocenters. The maximum atomic E-state index is 13.5. The van der Waals surface area contributed by atoms with E-state index in [4.69, 9.17) is 0 Å². The third-order valence-corrected chi connectivity index (χ3v) is 6.59. The Morgan fingerprint density at radius 3 is 2.09 bits per heavy atom. The smallest absolute Gasteiger partial charge is 0.248 e. The van der Waals surface area contributed by atoms with Crippen molar-refractivity contribution in [2.24, 2.45) is 17.8 Å². The maximum absolute atomic E-state index is 13.5. The normalized spacial score (nSPS) is 32.7. The van der Waals surface area contributed by atoms with Gasteiger partial charge < -0.3 is 5.32 Å². The predicted molar refractivity (Wildman–Crippen MR) is 87.2 cm³/mol. The molecule has 0 aromatic heterocycles. The van der Waals surface area contributed by atoms with Gasteiger partial charge in [0.05, 0.1) is 0 Å². The Bertz CT molecular complexity index is 322. The van der Waals surface area contributed by atoms with Crippen molar-refractivity contribution in [1.29, 1.82) is 0 Å². The molecule has 0 bridgehead atoms. The molecule has 1 nitrogen and oxygen atoms in total. The highest BCUT2D eigenvalue weighted by Gasteiger charge is 2.40. The van der Waals surface area contributed by atoms with E-state index in [2.05, 4.69) is 5.32 Å². The van der Waals surface area contributed by atoms with Crippen LogP contribution in [0, 0.1) is 17.8 Å². The first kappa shape index (κ1) is 16.7. The number of halogens is 2. The van der Waals surface area contributed by atoms with E-state index in [-0.39, 0.29) is 12.8 Å². The lowest BCUT2D eigenvalue weighted by atomic mass is 9.66. The monoisotopic (exact) mass is 313 g/mol. The second-order valence-corrected chi connectivity index (χ2v) is 8.14. The summed E-state index contributed by atoms with van der Waals surface area (Å²) in [5, 5.41) is 3.70. The van der Waals surface area contributed by atoms with Crippen LogP contribution in [0.25, 0.3) is 0 Å². The maximum Gasteiger partial charge on any atom is 0.248 e. The number of hydrogen-bond donors (Lipinski definition) is 1. The predicted octanol–water partition coefficient (Wildman–Crippen LogP) is 5.54. The molecule has 2 saturated carbocycles. The number of hydrogen-bond acceptors (Lipinski definition) is 1. The van der Waals surface area contributed by atoms with Crippen LogP contribution in [0.15, 0.2) is 0 Å². The van der Waals surface area contributed by atoms with Crippen LogP contribution in [-0.4, -0.2) is 18.5 Å². The lowest BCUT2D eigenvalue weighted by Gasteiger charge is -2.41. The second-order valence-electron chi connectivity index (χ2n) is 8.14. The molecule has 0 amide bonds. The molecular weight excluding hydrogens is 280 g/mol. The van der Waals surface area contributed by atoms with Crippen molar-refractivity contribution in [3.63, 3.8) is 0 Å². The fraction of sp³-hybridized carbons (Fsp3) is 1.00. The zero-order valence-corrected chi connectivity index (χ0v) is 14.0. The van der Waals surface area contributed by atoms with Gasteiger partial charge in [-0.1, -0.05) is 38.5 Å². The van der Waals surface area contributed by atoms with Gasteiger partial charge in [-0.05, 0) is 56.4 Å². The number of alkyl halides is 2. The molecule has 1 saturated heterocycles. The van der Waals surface area contributed by atoms with Gasteiger partial charge in [-0.25, -0.2) is 8.78 Å². The van der Waals surface area contributed by atoms with E-state index < -0.39 is 5.92 Å². The number of nitrogens with one attached hydrogen (secondary N) is 1. The summed E-state index contributed by atoms with van der Waals surface area (Å²) in [6.07, 6.45) is 13.8. The summed E-state index contributed by atoms with van der Waals surface area (Å²) < 4.78 is 27.1. The Labute approximate surface area is 134 Å². The molecule has 0 radical (unpaired) electrons. The summed E-state index contributed by atoms with van der Waals surface area (Å²) in [5.74, 6) is -0.302. The Hall–Kier alpha value is -0.180. The molecule has 1 N–H and O–H groups in total. The van der Waals surface area contributed by atoms with E-state index in [1.807, 2.05) is 0 Å². The molecule has 2 aliphatic carbocycles. The van der Waals surface area contributed by atoms with Gasteiger partial charge in [0.25, 0.3) is 0 Å². The van der Waals surface area contributed by atoms with Crippen molar-refractivity contribution in [3.8, 4) is 0 Å². The molecule has 1 aliphatic heterocycles. The lowest BCUT2D eigenvalue weighted by Crippen LogP contribution is -2.40. The largest absolute Gasteiger partial charge is 0.314 e. The topological polar surface area (TPSA) is 12.0 Å². The average Bonchev–Trinajstić information content (AvgIpc) is 2.55. The summed E-state index contributed by atoms with van der Waals surface area (Å²) in [6.45, 7) is 1.16. The van der Waals surface area contributed by atoms with Gasteiger partial charge in [0.2, 0.25) is 5.92 Å². The summed E-state index contributed by atoms with van der Waals surface area (Å²) in [5.41, 5.74) is 0. The van der Waals surface area contributed by atoms with Crippen molar-refractivity contribution in [1.82, 2.24) is 5.32 Å². The van der Waals surface area contributed by atoms with Crippen LogP contribution >= 0.6 is 0 Å². The van der Waals surface area contributed by atoms with Crippen molar-refractivity contribution < 1.29 is 8.78 Å². The van der Waals surface area contributed by atoms with E-state index >= 15 is 0 Å². The molecule has 0 aromatic rings. The molecule has 0 aromatic carbocycles. The van der Waals surface area contributed by atoms with E-state index in [1.165, 1.54) is 57.8 Å². The second kappa shape index (κ2) is 7.59. The third-order valence-electron chi connectivity index (χ3n) is 6.59. The van der Waals surface area contributed by atoms with E-state index in [1.54, 1.807) is 0 Å². The minimum atomic E-state index is -2.38. The molecule has 128 valence electrons. The zero-order valence-electron chi connectivity index (χ0n) is 14.0. The standard InChI is InChI=1S/C19H33F2N/c20-19(21)11-9-16(10-12-19)18(15-6-2-1-3-7-15)14-17-8-4-5-13-22-17/h15-18,22H,1-14H2/t17-,18+/m1/s1. The molecule has 3 fully saturated rings. The summed E-state index contributed by atoms with van der Waals surface area (Å²) in [7, 11) is 0. The van der Waals surface area contributed by atoms with Gasteiger partial charge in [-0.2, -0.15) is 0 Å². The Morgan fingerprint density at radius 2 is 1.45 bits per heavy atom. The average molecular weight is 313 g/mol. The molecule has 22 heavy (non-hydrogen) atoms. The van der Waals surface area contributed by atoms with Gasteiger partial charge in [-0.3, -0.25) is 0 Å².